The van der Waals surface area contributed by atoms with Gasteiger partial charge in [-0.05, 0) is 41.4 Å². The number of para-hydroxylation sites is 1. The Hall–Kier alpha value is -1.69. The standard InChI is InChI=1S/C18H25NO4S/c1-17(2,3)13-6-4-5-7-14(13)23-12-15(20)19-18(16(21)22)8-10-24-11-9-18/h4-7H,8-12H2,1-3H3,(H,19,20)(H,21,22). The first-order valence-corrected chi connectivity index (χ1v) is 9.24. The molecule has 1 aliphatic rings. The molecule has 2 N–H and O–H groups in total. The van der Waals surface area contributed by atoms with Crippen LogP contribution in [0.15, 0.2) is 24.3 Å². The molecule has 1 heterocycles. The molecule has 2 rings (SSSR count). The minimum absolute atomic E-state index is 0.101. The van der Waals surface area contributed by atoms with Crippen molar-refractivity contribution in [3.05, 3.63) is 29.8 Å². The van der Waals surface area contributed by atoms with E-state index in [0.29, 0.717) is 18.6 Å². The van der Waals surface area contributed by atoms with Crippen molar-refractivity contribution in [3.63, 3.8) is 0 Å². The average Bonchev–Trinajstić information content (AvgIpc) is 2.53. The third-order valence-corrected chi connectivity index (χ3v) is 5.17. The Bertz CT molecular complexity index is 603. The molecule has 1 fully saturated rings. The Morgan fingerprint density at radius 2 is 1.88 bits per heavy atom. The van der Waals surface area contributed by atoms with Gasteiger partial charge in [0.05, 0.1) is 0 Å². The number of thioether (sulfide) groups is 1. The number of amides is 1. The molecule has 5 nitrogen and oxygen atoms in total. The normalized spacial score (nSPS) is 17.1. The quantitative estimate of drug-likeness (QED) is 0.853. The highest BCUT2D eigenvalue weighted by molar-refractivity contribution is 7.99. The maximum atomic E-state index is 12.2. The summed E-state index contributed by atoms with van der Waals surface area (Å²) >= 11 is 1.71. The third-order valence-electron chi connectivity index (χ3n) is 4.19. The van der Waals surface area contributed by atoms with E-state index in [0.717, 1.165) is 17.1 Å². The number of hydrogen-bond donors (Lipinski definition) is 2. The van der Waals surface area contributed by atoms with Gasteiger partial charge in [0, 0.05) is 0 Å². The first-order chi connectivity index (χ1) is 11.2. The number of carbonyl (C=O) groups is 2. The summed E-state index contributed by atoms with van der Waals surface area (Å²) in [6.45, 7) is 6.05. The fraction of sp³-hybridized carbons (Fsp3) is 0.556. The van der Waals surface area contributed by atoms with Gasteiger partial charge in [0.25, 0.3) is 5.91 Å². The van der Waals surface area contributed by atoms with Crippen LogP contribution >= 0.6 is 11.8 Å². The highest BCUT2D eigenvalue weighted by atomic mass is 32.2. The highest BCUT2D eigenvalue weighted by Gasteiger charge is 2.41. The van der Waals surface area contributed by atoms with Crippen molar-refractivity contribution in [2.24, 2.45) is 0 Å². The summed E-state index contributed by atoms with van der Waals surface area (Å²) in [6, 6.07) is 7.61. The van der Waals surface area contributed by atoms with Gasteiger partial charge in [0.15, 0.2) is 6.61 Å². The molecule has 1 saturated heterocycles. The number of hydrogen-bond acceptors (Lipinski definition) is 4. The molecule has 0 spiro atoms. The van der Waals surface area contributed by atoms with Crippen LogP contribution < -0.4 is 10.1 Å². The lowest BCUT2D eigenvalue weighted by Gasteiger charge is -2.33. The Kier molecular flexibility index (Phi) is 5.80. The first-order valence-electron chi connectivity index (χ1n) is 8.09. The summed E-state index contributed by atoms with van der Waals surface area (Å²) in [5.41, 5.74) is -0.245. The SMILES string of the molecule is CC(C)(C)c1ccccc1OCC(=O)NC1(C(=O)O)CCSCC1. The van der Waals surface area contributed by atoms with Crippen LogP contribution in [-0.2, 0) is 15.0 Å². The zero-order valence-electron chi connectivity index (χ0n) is 14.4. The molecular formula is C18H25NO4S. The van der Waals surface area contributed by atoms with E-state index in [1.807, 2.05) is 24.3 Å². The summed E-state index contributed by atoms with van der Waals surface area (Å²) in [5, 5.41) is 12.2. The van der Waals surface area contributed by atoms with Crippen LogP contribution in [0.1, 0.15) is 39.2 Å². The molecule has 0 aromatic heterocycles. The number of ether oxygens (including phenoxy) is 1. The van der Waals surface area contributed by atoms with Gasteiger partial charge >= 0.3 is 5.97 Å². The fourth-order valence-electron chi connectivity index (χ4n) is 2.77. The van der Waals surface area contributed by atoms with Crippen molar-refractivity contribution in [3.8, 4) is 5.75 Å². The van der Waals surface area contributed by atoms with Crippen molar-refractivity contribution in [2.75, 3.05) is 18.1 Å². The predicted molar refractivity (Wildman–Crippen MR) is 95.7 cm³/mol. The van der Waals surface area contributed by atoms with Crippen molar-refractivity contribution >= 4 is 23.6 Å². The van der Waals surface area contributed by atoms with E-state index >= 15 is 0 Å². The van der Waals surface area contributed by atoms with Crippen molar-refractivity contribution < 1.29 is 19.4 Å². The zero-order chi connectivity index (χ0) is 17.8. The first kappa shape index (κ1) is 18.6. The molecule has 1 aliphatic heterocycles. The fourth-order valence-corrected chi connectivity index (χ4v) is 3.96. The van der Waals surface area contributed by atoms with Crippen LogP contribution in [0, 0.1) is 0 Å². The van der Waals surface area contributed by atoms with Crippen molar-refractivity contribution in [1.29, 1.82) is 0 Å². The van der Waals surface area contributed by atoms with Crippen LogP contribution in [-0.4, -0.2) is 40.6 Å². The lowest BCUT2D eigenvalue weighted by Crippen LogP contribution is -2.57. The maximum Gasteiger partial charge on any atom is 0.329 e. The molecule has 0 atom stereocenters. The Balaban J connectivity index is 2.02. The number of aliphatic carboxylic acids is 1. The summed E-state index contributed by atoms with van der Waals surface area (Å²) in [7, 11) is 0. The van der Waals surface area contributed by atoms with Crippen LogP contribution in [0.25, 0.3) is 0 Å². The number of nitrogens with one attached hydrogen (secondary N) is 1. The lowest BCUT2D eigenvalue weighted by molar-refractivity contribution is -0.148. The van der Waals surface area contributed by atoms with Gasteiger partial charge in [0.2, 0.25) is 0 Å². The molecule has 1 aromatic rings. The smallest absolute Gasteiger partial charge is 0.329 e. The molecule has 0 radical (unpaired) electrons. The van der Waals surface area contributed by atoms with Gasteiger partial charge in [-0.25, -0.2) is 4.79 Å². The van der Waals surface area contributed by atoms with Crippen LogP contribution in [0.3, 0.4) is 0 Å². The Morgan fingerprint density at radius 3 is 2.46 bits per heavy atom. The summed E-state index contributed by atoms with van der Waals surface area (Å²) in [4.78, 5) is 23.9. The van der Waals surface area contributed by atoms with Crippen LogP contribution in [0.2, 0.25) is 0 Å². The molecule has 1 amide bonds. The van der Waals surface area contributed by atoms with Gasteiger partial charge < -0.3 is 15.2 Å². The maximum absolute atomic E-state index is 12.2. The van der Waals surface area contributed by atoms with Gasteiger partial charge in [0.1, 0.15) is 11.3 Å². The summed E-state index contributed by atoms with van der Waals surface area (Å²) < 4.78 is 5.68. The van der Waals surface area contributed by atoms with Gasteiger partial charge in [-0.1, -0.05) is 39.0 Å². The molecule has 0 saturated carbocycles. The molecular weight excluding hydrogens is 326 g/mol. The Labute approximate surface area is 147 Å². The minimum atomic E-state index is -1.16. The summed E-state index contributed by atoms with van der Waals surface area (Å²) in [5.74, 6) is 0.767. The van der Waals surface area contributed by atoms with E-state index in [1.165, 1.54) is 0 Å². The van der Waals surface area contributed by atoms with E-state index < -0.39 is 17.4 Å². The van der Waals surface area contributed by atoms with E-state index in [1.54, 1.807) is 11.8 Å². The van der Waals surface area contributed by atoms with E-state index in [9.17, 15) is 14.7 Å². The summed E-state index contributed by atoms with van der Waals surface area (Å²) in [6.07, 6.45) is 0.884. The van der Waals surface area contributed by atoms with Crippen molar-refractivity contribution in [2.45, 2.75) is 44.6 Å². The molecule has 0 aliphatic carbocycles. The monoisotopic (exact) mass is 351 g/mol. The minimum Gasteiger partial charge on any atom is -0.483 e. The van der Waals surface area contributed by atoms with E-state index in [4.69, 9.17) is 4.74 Å². The average molecular weight is 351 g/mol. The largest absolute Gasteiger partial charge is 0.483 e. The molecule has 132 valence electrons. The zero-order valence-corrected chi connectivity index (χ0v) is 15.2. The molecule has 6 heteroatoms. The van der Waals surface area contributed by atoms with E-state index in [-0.39, 0.29) is 12.0 Å². The topological polar surface area (TPSA) is 75.6 Å². The second-order valence-corrected chi connectivity index (χ2v) is 8.31. The van der Waals surface area contributed by atoms with Gasteiger partial charge in [-0.2, -0.15) is 11.8 Å². The van der Waals surface area contributed by atoms with Gasteiger partial charge in [-0.3, -0.25) is 4.79 Å². The second kappa shape index (κ2) is 7.47. The van der Waals surface area contributed by atoms with Crippen molar-refractivity contribution in [1.82, 2.24) is 5.32 Å². The molecule has 0 unspecified atom stereocenters. The highest BCUT2D eigenvalue weighted by Crippen LogP contribution is 2.31. The number of carbonyl (C=O) groups excluding carboxylic acids is 1. The number of carboxylic acid groups (broad SMARTS) is 1. The van der Waals surface area contributed by atoms with Crippen LogP contribution in [0.5, 0.6) is 5.75 Å². The predicted octanol–water partition coefficient (Wildman–Crippen LogP) is 2.83. The van der Waals surface area contributed by atoms with E-state index in [2.05, 4.69) is 26.1 Å². The molecule has 0 bridgehead atoms. The third kappa shape index (κ3) is 4.44. The number of benzene rings is 1. The second-order valence-electron chi connectivity index (χ2n) is 7.08. The molecule has 24 heavy (non-hydrogen) atoms. The number of rotatable bonds is 5. The lowest BCUT2D eigenvalue weighted by atomic mass is 9.86. The van der Waals surface area contributed by atoms with Gasteiger partial charge in [-0.15, -0.1) is 0 Å². The van der Waals surface area contributed by atoms with Crippen LogP contribution in [0.4, 0.5) is 0 Å². The molecule has 1 aromatic carbocycles. The number of carboxylic acids is 1. The Morgan fingerprint density at radius 1 is 1.25 bits per heavy atom.